The molecule has 5 rings (SSSR count). The fraction of sp³-hybridized carbons (Fsp3) is 0.174. The van der Waals surface area contributed by atoms with E-state index < -0.39 is 0 Å². The molecule has 140 valence electrons. The molecule has 0 spiro atoms. The zero-order valence-electron chi connectivity index (χ0n) is 15.3. The van der Waals surface area contributed by atoms with Crippen molar-refractivity contribution in [2.45, 2.75) is 12.6 Å². The summed E-state index contributed by atoms with van der Waals surface area (Å²) in [5.74, 6) is 1.45. The summed E-state index contributed by atoms with van der Waals surface area (Å²) in [6.07, 6.45) is 5.56. The highest BCUT2D eigenvalue weighted by Crippen LogP contribution is 2.34. The van der Waals surface area contributed by atoms with Gasteiger partial charge in [0.25, 0.3) is 0 Å². The summed E-state index contributed by atoms with van der Waals surface area (Å²) < 4.78 is 13.0. The van der Waals surface area contributed by atoms with Crippen molar-refractivity contribution in [3.05, 3.63) is 89.8 Å². The van der Waals surface area contributed by atoms with Gasteiger partial charge < -0.3 is 18.9 Å². The maximum absolute atomic E-state index is 13.1. The lowest BCUT2D eigenvalue weighted by Gasteiger charge is -2.36. The standard InChI is InChI=1S/C23H20N2O3/c26-22(11-9-17-8-10-20-21(15-17)28-16-27-20)25-14-13-24-12-4-7-19(24)23(25)18-5-2-1-3-6-18/h1-12,15,23H,13-14,16H2/b11-9+. The molecule has 0 saturated carbocycles. The van der Waals surface area contributed by atoms with E-state index in [2.05, 4.69) is 29.0 Å². The van der Waals surface area contributed by atoms with Crippen LogP contribution in [0.3, 0.4) is 0 Å². The van der Waals surface area contributed by atoms with E-state index in [-0.39, 0.29) is 18.7 Å². The van der Waals surface area contributed by atoms with E-state index in [0.29, 0.717) is 12.3 Å². The first-order valence-corrected chi connectivity index (χ1v) is 9.38. The number of aromatic nitrogens is 1. The Bertz CT molecular complexity index is 1040. The lowest BCUT2D eigenvalue weighted by Crippen LogP contribution is -2.41. The molecule has 1 unspecified atom stereocenters. The summed E-state index contributed by atoms with van der Waals surface area (Å²) in [5.41, 5.74) is 3.17. The van der Waals surface area contributed by atoms with Crippen molar-refractivity contribution < 1.29 is 14.3 Å². The van der Waals surface area contributed by atoms with Gasteiger partial charge in [0.2, 0.25) is 12.7 Å². The SMILES string of the molecule is O=C(/C=C/c1ccc2c(c1)OCO2)N1CCn2cccc2C1c1ccccc1. The normalized spacial score (nSPS) is 17.7. The molecular formula is C23H20N2O3. The van der Waals surface area contributed by atoms with E-state index in [1.54, 1.807) is 6.08 Å². The molecule has 0 saturated heterocycles. The quantitative estimate of drug-likeness (QED) is 0.656. The van der Waals surface area contributed by atoms with E-state index in [0.717, 1.165) is 29.1 Å². The van der Waals surface area contributed by atoms with Crippen molar-refractivity contribution in [2.24, 2.45) is 0 Å². The van der Waals surface area contributed by atoms with Crippen LogP contribution in [0.25, 0.3) is 6.08 Å². The van der Waals surface area contributed by atoms with Crippen molar-refractivity contribution in [1.82, 2.24) is 9.47 Å². The summed E-state index contributed by atoms with van der Waals surface area (Å²) in [6, 6.07) is 19.9. The minimum Gasteiger partial charge on any atom is -0.454 e. The Labute approximate surface area is 163 Å². The number of carbonyl (C=O) groups excluding carboxylic acids is 1. The van der Waals surface area contributed by atoms with Crippen LogP contribution in [0.2, 0.25) is 0 Å². The smallest absolute Gasteiger partial charge is 0.247 e. The van der Waals surface area contributed by atoms with Crippen LogP contribution >= 0.6 is 0 Å². The first-order valence-electron chi connectivity index (χ1n) is 9.38. The molecule has 2 aliphatic heterocycles. The zero-order chi connectivity index (χ0) is 18.9. The zero-order valence-corrected chi connectivity index (χ0v) is 15.3. The number of nitrogens with zero attached hydrogens (tertiary/aromatic N) is 2. The van der Waals surface area contributed by atoms with Crippen LogP contribution in [0, 0.1) is 0 Å². The molecule has 0 fully saturated rings. The molecule has 1 atom stereocenters. The van der Waals surface area contributed by atoms with Gasteiger partial charge in [0.05, 0.1) is 6.04 Å². The first kappa shape index (κ1) is 16.7. The summed E-state index contributed by atoms with van der Waals surface area (Å²) in [5, 5.41) is 0. The lowest BCUT2D eigenvalue weighted by atomic mass is 10.00. The predicted octanol–water partition coefficient (Wildman–Crippen LogP) is 3.86. The Kier molecular flexibility index (Phi) is 4.13. The minimum atomic E-state index is -0.0844. The molecule has 28 heavy (non-hydrogen) atoms. The van der Waals surface area contributed by atoms with E-state index in [1.807, 2.05) is 53.4 Å². The van der Waals surface area contributed by atoms with Crippen LogP contribution < -0.4 is 9.47 Å². The monoisotopic (exact) mass is 372 g/mol. The number of rotatable bonds is 3. The highest BCUT2D eigenvalue weighted by atomic mass is 16.7. The van der Waals surface area contributed by atoms with Gasteiger partial charge >= 0.3 is 0 Å². The number of carbonyl (C=O) groups is 1. The molecule has 3 heterocycles. The second kappa shape index (κ2) is 6.93. The molecule has 0 N–H and O–H groups in total. The van der Waals surface area contributed by atoms with Crippen LogP contribution in [0.5, 0.6) is 11.5 Å². The first-order chi connectivity index (χ1) is 13.8. The molecule has 5 nitrogen and oxygen atoms in total. The Morgan fingerprint density at radius 1 is 0.964 bits per heavy atom. The van der Waals surface area contributed by atoms with Gasteiger partial charge in [-0.15, -0.1) is 0 Å². The molecule has 0 bridgehead atoms. The van der Waals surface area contributed by atoms with Gasteiger partial charge in [-0.25, -0.2) is 0 Å². The Hall–Kier alpha value is -3.47. The Balaban J connectivity index is 1.43. The highest BCUT2D eigenvalue weighted by Gasteiger charge is 2.30. The van der Waals surface area contributed by atoms with Gasteiger partial charge in [-0.3, -0.25) is 4.79 Å². The van der Waals surface area contributed by atoms with Crippen molar-refractivity contribution in [3.63, 3.8) is 0 Å². The second-order valence-corrected chi connectivity index (χ2v) is 6.92. The lowest BCUT2D eigenvalue weighted by molar-refractivity contribution is -0.128. The van der Waals surface area contributed by atoms with Crippen LogP contribution in [0.4, 0.5) is 0 Å². The van der Waals surface area contributed by atoms with Gasteiger partial charge in [0, 0.05) is 31.1 Å². The number of hydrogen-bond donors (Lipinski definition) is 0. The Morgan fingerprint density at radius 2 is 1.82 bits per heavy atom. The number of hydrogen-bond acceptors (Lipinski definition) is 3. The van der Waals surface area contributed by atoms with Crippen LogP contribution in [0.1, 0.15) is 22.9 Å². The fourth-order valence-corrected chi connectivity index (χ4v) is 3.89. The van der Waals surface area contributed by atoms with Crippen molar-refractivity contribution in [2.75, 3.05) is 13.3 Å². The Morgan fingerprint density at radius 3 is 2.71 bits per heavy atom. The molecule has 0 aliphatic carbocycles. The minimum absolute atomic E-state index is 0.000954. The van der Waals surface area contributed by atoms with E-state index in [4.69, 9.17) is 9.47 Å². The van der Waals surface area contributed by atoms with E-state index >= 15 is 0 Å². The van der Waals surface area contributed by atoms with Crippen molar-refractivity contribution >= 4 is 12.0 Å². The van der Waals surface area contributed by atoms with Crippen molar-refractivity contribution in [1.29, 1.82) is 0 Å². The average Bonchev–Trinajstić information content (AvgIpc) is 3.40. The third-order valence-corrected chi connectivity index (χ3v) is 5.25. The largest absolute Gasteiger partial charge is 0.454 e. The second-order valence-electron chi connectivity index (χ2n) is 6.92. The molecule has 5 heteroatoms. The van der Waals surface area contributed by atoms with Gasteiger partial charge in [0.15, 0.2) is 11.5 Å². The van der Waals surface area contributed by atoms with E-state index in [9.17, 15) is 4.79 Å². The molecule has 0 radical (unpaired) electrons. The molecule has 2 aliphatic rings. The molecule has 3 aromatic rings. The number of amides is 1. The summed E-state index contributed by atoms with van der Waals surface area (Å²) in [7, 11) is 0. The van der Waals surface area contributed by atoms with Gasteiger partial charge in [0.1, 0.15) is 0 Å². The maximum atomic E-state index is 13.1. The molecule has 2 aromatic carbocycles. The number of ether oxygens (including phenoxy) is 2. The van der Waals surface area contributed by atoms with Crippen molar-refractivity contribution in [3.8, 4) is 11.5 Å². The molecule has 1 aromatic heterocycles. The van der Waals surface area contributed by atoms with E-state index in [1.165, 1.54) is 0 Å². The topological polar surface area (TPSA) is 43.7 Å². The highest BCUT2D eigenvalue weighted by molar-refractivity contribution is 5.92. The van der Waals surface area contributed by atoms with Gasteiger partial charge in [-0.2, -0.15) is 0 Å². The third kappa shape index (κ3) is 2.95. The number of fused-ring (bicyclic) bond motifs is 2. The molecule has 1 amide bonds. The third-order valence-electron chi connectivity index (χ3n) is 5.25. The average molecular weight is 372 g/mol. The maximum Gasteiger partial charge on any atom is 0.247 e. The van der Waals surface area contributed by atoms with Crippen LogP contribution in [-0.2, 0) is 11.3 Å². The predicted molar refractivity (Wildman–Crippen MR) is 106 cm³/mol. The summed E-state index contributed by atoms with van der Waals surface area (Å²) in [4.78, 5) is 15.0. The van der Waals surface area contributed by atoms with Gasteiger partial charge in [-0.05, 0) is 41.5 Å². The summed E-state index contributed by atoms with van der Waals surface area (Å²) in [6.45, 7) is 1.72. The van der Waals surface area contributed by atoms with Gasteiger partial charge in [-0.1, -0.05) is 36.4 Å². The van der Waals surface area contributed by atoms with Crippen LogP contribution in [0.15, 0.2) is 72.9 Å². The molecular weight excluding hydrogens is 352 g/mol. The summed E-state index contributed by atoms with van der Waals surface area (Å²) >= 11 is 0. The number of benzene rings is 2. The fourth-order valence-electron chi connectivity index (χ4n) is 3.89. The van der Waals surface area contributed by atoms with Crippen LogP contribution in [-0.4, -0.2) is 28.7 Å².